The Morgan fingerprint density at radius 1 is 1.23 bits per heavy atom. The molecule has 0 unspecified atom stereocenters. The topological polar surface area (TPSA) is 84.8 Å². The van der Waals surface area contributed by atoms with Gasteiger partial charge in [-0.25, -0.2) is 9.51 Å². The smallest absolute Gasteiger partial charge is 0.183 e. The third kappa shape index (κ3) is 4.31. The van der Waals surface area contributed by atoms with Gasteiger partial charge >= 0.3 is 0 Å². The standard InChI is InChI=1S/C23H30N6O/c1-17-15-19(18(24)16-21(17)30)26-22-20-9-4-5-11-28(20)27-23(22)25-10-8-14-29(2)12-6-3-7-13-29/h4-5,9,11,15-16H,3,6-8,10,12-14H2,1-2H3,(H2-,24,25,27,30)/p+1/b26-19+. The van der Waals surface area contributed by atoms with Crippen LogP contribution in [0.25, 0.3) is 5.52 Å². The molecule has 7 nitrogen and oxygen atoms in total. The number of aromatic nitrogens is 2. The molecule has 2 aromatic rings. The quantitative estimate of drug-likeness (QED) is 0.437. The van der Waals surface area contributed by atoms with Gasteiger partial charge in [-0.15, -0.1) is 5.10 Å². The first-order valence-corrected chi connectivity index (χ1v) is 10.8. The largest absolute Gasteiger partial charge is 0.397 e. The van der Waals surface area contributed by atoms with Gasteiger partial charge in [-0.05, 0) is 50.0 Å². The van der Waals surface area contributed by atoms with Gasteiger partial charge in [0.1, 0.15) is 5.69 Å². The van der Waals surface area contributed by atoms with Gasteiger partial charge in [0.05, 0.1) is 43.6 Å². The van der Waals surface area contributed by atoms with Crippen molar-refractivity contribution in [2.45, 2.75) is 32.6 Å². The number of nitrogens with zero attached hydrogens (tertiary/aromatic N) is 4. The zero-order valence-corrected chi connectivity index (χ0v) is 17.9. The number of anilines is 1. The number of carbonyl (C=O) groups excluding carboxylic acids is 1. The SMILES string of the molecule is CC1=C/C(=N\c2c(NCCC[N+]3(C)CCCCC3)nn3ccccc23)C(N)=CC1=O. The average molecular weight is 408 g/mol. The number of allylic oxidation sites excluding steroid dienone is 3. The highest BCUT2D eigenvalue weighted by Crippen LogP contribution is 2.31. The molecule has 0 saturated carbocycles. The van der Waals surface area contributed by atoms with E-state index >= 15 is 0 Å². The number of rotatable bonds is 6. The molecule has 0 aromatic carbocycles. The number of fused-ring (bicyclic) bond motifs is 1. The van der Waals surface area contributed by atoms with Crippen molar-refractivity contribution in [2.75, 3.05) is 38.5 Å². The molecule has 1 saturated heterocycles. The fourth-order valence-electron chi connectivity index (χ4n) is 4.29. The lowest BCUT2D eigenvalue weighted by atomic mass is 10.0. The molecule has 2 aliphatic rings. The monoisotopic (exact) mass is 407 g/mol. The summed E-state index contributed by atoms with van der Waals surface area (Å²) in [6, 6.07) is 5.90. The first-order valence-electron chi connectivity index (χ1n) is 10.8. The van der Waals surface area contributed by atoms with E-state index < -0.39 is 0 Å². The van der Waals surface area contributed by atoms with Crippen molar-refractivity contribution in [1.82, 2.24) is 9.61 Å². The van der Waals surface area contributed by atoms with E-state index in [1.807, 2.05) is 28.9 Å². The highest BCUT2D eigenvalue weighted by molar-refractivity contribution is 6.22. The maximum atomic E-state index is 11.9. The van der Waals surface area contributed by atoms with Crippen LogP contribution in [0.1, 0.15) is 32.6 Å². The Kier molecular flexibility index (Phi) is 5.72. The van der Waals surface area contributed by atoms with E-state index in [0.717, 1.165) is 30.0 Å². The number of quaternary nitrogens is 1. The number of piperidine rings is 1. The molecule has 30 heavy (non-hydrogen) atoms. The van der Waals surface area contributed by atoms with Crippen LogP contribution in [0.15, 0.2) is 52.8 Å². The molecular weight excluding hydrogens is 376 g/mol. The van der Waals surface area contributed by atoms with Crippen LogP contribution in [0.3, 0.4) is 0 Å². The van der Waals surface area contributed by atoms with Crippen molar-refractivity contribution in [3.8, 4) is 0 Å². The maximum absolute atomic E-state index is 11.9. The first-order chi connectivity index (χ1) is 14.5. The van der Waals surface area contributed by atoms with Crippen molar-refractivity contribution < 1.29 is 9.28 Å². The number of likely N-dealkylation sites (tertiary alicyclic amines) is 1. The Hall–Kier alpha value is -2.93. The molecule has 1 aliphatic heterocycles. The summed E-state index contributed by atoms with van der Waals surface area (Å²) in [5.74, 6) is 0.671. The van der Waals surface area contributed by atoms with Crippen LogP contribution in [0.5, 0.6) is 0 Å². The summed E-state index contributed by atoms with van der Waals surface area (Å²) in [6.45, 7) is 6.35. The third-order valence-corrected chi connectivity index (χ3v) is 6.13. The van der Waals surface area contributed by atoms with E-state index in [-0.39, 0.29) is 5.78 Å². The second kappa shape index (κ2) is 8.44. The predicted octanol–water partition coefficient (Wildman–Crippen LogP) is 3.21. The van der Waals surface area contributed by atoms with E-state index in [2.05, 4.69) is 17.5 Å². The van der Waals surface area contributed by atoms with Gasteiger partial charge in [0.25, 0.3) is 0 Å². The van der Waals surface area contributed by atoms with Gasteiger partial charge in [0, 0.05) is 25.2 Å². The van der Waals surface area contributed by atoms with Gasteiger partial charge in [-0.3, -0.25) is 4.79 Å². The van der Waals surface area contributed by atoms with Crippen molar-refractivity contribution in [3.05, 3.63) is 47.8 Å². The Balaban J connectivity index is 1.54. The third-order valence-electron chi connectivity index (χ3n) is 6.13. The fraction of sp³-hybridized carbons (Fsp3) is 0.435. The zero-order chi connectivity index (χ0) is 21.1. The van der Waals surface area contributed by atoms with Gasteiger partial charge in [0.15, 0.2) is 11.6 Å². The molecule has 4 rings (SSSR count). The first kappa shape index (κ1) is 20.3. The molecule has 3 N–H and O–H groups in total. The molecule has 0 amide bonds. The maximum Gasteiger partial charge on any atom is 0.183 e. The summed E-state index contributed by atoms with van der Waals surface area (Å²) in [5, 5.41) is 8.17. The number of carbonyl (C=O) groups is 1. The minimum absolute atomic E-state index is 0.0704. The molecule has 2 aromatic heterocycles. The molecule has 1 fully saturated rings. The van der Waals surface area contributed by atoms with Crippen LogP contribution in [-0.4, -0.2) is 58.8 Å². The highest BCUT2D eigenvalue weighted by atomic mass is 16.1. The molecule has 0 atom stereocenters. The summed E-state index contributed by atoms with van der Waals surface area (Å²) < 4.78 is 2.99. The van der Waals surface area contributed by atoms with Crippen molar-refractivity contribution in [1.29, 1.82) is 0 Å². The molecule has 0 radical (unpaired) electrons. The molecule has 0 spiro atoms. The van der Waals surface area contributed by atoms with Crippen LogP contribution in [0.4, 0.5) is 11.5 Å². The van der Waals surface area contributed by atoms with E-state index in [1.54, 1.807) is 13.0 Å². The number of pyridine rings is 1. The van der Waals surface area contributed by atoms with Crippen LogP contribution < -0.4 is 11.1 Å². The number of hydrogen-bond acceptors (Lipinski definition) is 5. The average Bonchev–Trinajstić information content (AvgIpc) is 3.07. The lowest BCUT2D eigenvalue weighted by Crippen LogP contribution is -2.48. The van der Waals surface area contributed by atoms with E-state index in [1.165, 1.54) is 49.5 Å². The van der Waals surface area contributed by atoms with E-state index in [9.17, 15) is 4.79 Å². The number of hydrogen-bond donors (Lipinski definition) is 2. The molecule has 158 valence electrons. The Labute approximate surface area is 177 Å². The van der Waals surface area contributed by atoms with Gasteiger partial charge in [-0.1, -0.05) is 6.07 Å². The fourth-order valence-corrected chi connectivity index (χ4v) is 4.29. The van der Waals surface area contributed by atoms with Crippen LogP contribution in [0, 0.1) is 0 Å². The number of nitrogens with one attached hydrogen (secondary N) is 1. The second-order valence-electron chi connectivity index (χ2n) is 8.65. The number of nitrogens with two attached hydrogens (primary N) is 1. The minimum atomic E-state index is -0.0704. The predicted molar refractivity (Wildman–Crippen MR) is 121 cm³/mol. The Morgan fingerprint density at radius 3 is 2.83 bits per heavy atom. The Morgan fingerprint density at radius 2 is 2.03 bits per heavy atom. The summed E-state index contributed by atoms with van der Waals surface area (Å²) >= 11 is 0. The lowest BCUT2D eigenvalue weighted by Gasteiger charge is -2.37. The van der Waals surface area contributed by atoms with Gasteiger partial charge in [-0.2, -0.15) is 0 Å². The molecular formula is C23H31N6O+. The summed E-state index contributed by atoms with van der Waals surface area (Å²) in [6.07, 6.45) is 10.2. The van der Waals surface area contributed by atoms with Gasteiger partial charge in [0.2, 0.25) is 0 Å². The van der Waals surface area contributed by atoms with Crippen LogP contribution in [-0.2, 0) is 4.79 Å². The molecule has 1 aliphatic carbocycles. The molecule has 3 heterocycles. The van der Waals surface area contributed by atoms with Gasteiger partial charge < -0.3 is 15.5 Å². The summed E-state index contributed by atoms with van der Waals surface area (Å²) in [5.41, 5.74) is 9.34. The number of ketones is 1. The lowest BCUT2D eigenvalue weighted by molar-refractivity contribution is -0.914. The van der Waals surface area contributed by atoms with Crippen molar-refractivity contribution in [2.24, 2.45) is 10.7 Å². The number of aliphatic imine (C=N–C) groups is 1. The normalized spacial score (nSPS) is 20.3. The van der Waals surface area contributed by atoms with Crippen LogP contribution >= 0.6 is 0 Å². The summed E-state index contributed by atoms with van der Waals surface area (Å²) in [7, 11) is 2.37. The molecule has 0 bridgehead atoms. The minimum Gasteiger partial charge on any atom is -0.397 e. The Bertz CT molecular complexity index is 1040. The zero-order valence-electron chi connectivity index (χ0n) is 17.9. The van der Waals surface area contributed by atoms with E-state index in [4.69, 9.17) is 10.7 Å². The molecule has 7 heteroatoms. The summed E-state index contributed by atoms with van der Waals surface area (Å²) in [4.78, 5) is 16.7. The van der Waals surface area contributed by atoms with Crippen LogP contribution in [0.2, 0.25) is 0 Å². The van der Waals surface area contributed by atoms with Crippen molar-refractivity contribution in [3.63, 3.8) is 0 Å². The van der Waals surface area contributed by atoms with E-state index in [0.29, 0.717) is 17.0 Å². The highest BCUT2D eigenvalue weighted by Gasteiger charge is 2.24. The second-order valence-corrected chi connectivity index (χ2v) is 8.65. The van der Waals surface area contributed by atoms with Crippen molar-refractivity contribution >= 4 is 28.5 Å².